The van der Waals surface area contributed by atoms with E-state index in [-0.39, 0.29) is 12.5 Å². The minimum Gasteiger partial charge on any atom is -0.480 e. The molecule has 1 amide bonds. The van der Waals surface area contributed by atoms with E-state index in [0.717, 1.165) is 22.0 Å². The summed E-state index contributed by atoms with van der Waals surface area (Å²) in [4.78, 5) is 29.2. The van der Waals surface area contributed by atoms with Crippen LogP contribution in [0.5, 0.6) is 0 Å². The minimum atomic E-state index is -4.45. The van der Waals surface area contributed by atoms with Gasteiger partial charge in [-0.3, -0.25) is 9.59 Å². The van der Waals surface area contributed by atoms with E-state index in [9.17, 15) is 22.8 Å². The van der Waals surface area contributed by atoms with Crippen LogP contribution in [0, 0.1) is 0 Å². The van der Waals surface area contributed by atoms with E-state index in [4.69, 9.17) is 5.11 Å². The Morgan fingerprint density at radius 1 is 1.23 bits per heavy atom. The fraction of sp³-hybridized carbons (Fsp3) is 0.353. The molecule has 26 heavy (non-hydrogen) atoms. The molecule has 0 fully saturated rings. The summed E-state index contributed by atoms with van der Waals surface area (Å²) >= 11 is 1.18. The number of carboxylic acid groups (broad SMARTS) is 1. The van der Waals surface area contributed by atoms with Crippen molar-refractivity contribution in [3.63, 3.8) is 0 Å². The van der Waals surface area contributed by atoms with Gasteiger partial charge in [0, 0.05) is 12.5 Å². The lowest BCUT2D eigenvalue weighted by Crippen LogP contribution is -2.34. The Balaban J connectivity index is 2.21. The first-order valence-corrected chi connectivity index (χ1v) is 8.52. The number of thiazole rings is 1. The van der Waals surface area contributed by atoms with Crippen LogP contribution in [0.4, 0.5) is 13.2 Å². The summed E-state index contributed by atoms with van der Waals surface area (Å²) in [7, 11) is 0. The molecule has 2 aromatic rings. The largest absolute Gasteiger partial charge is 0.480 e. The van der Waals surface area contributed by atoms with Gasteiger partial charge in [-0.2, -0.15) is 13.2 Å². The predicted octanol–water partition coefficient (Wildman–Crippen LogP) is 4.01. The van der Waals surface area contributed by atoms with Crippen molar-refractivity contribution in [1.29, 1.82) is 0 Å². The highest BCUT2D eigenvalue weighted by atomic mass is 32.1. The average molecular weight is 386 g/mol. The summed E-state index contributed by atoms with van der Waals surface area (Å²) in [5.74, 6) is -1.60. The molecule has 1 aromatic heterocycles. The van der Waals surface area contributed by atoms with E-state index in [1.807, 2.05) is 13.8 Å². The van der Waals surface area contributed by atoms with E-state index in [1.54, 1.807) is 0 Å². The van der Waals surface area contributed by atoms with Crippen molar-refractivity contribution < 1.29 is 27.9 Å². The molecule has 1 N–H and O–H groups in total. The third-order valence-electron chi connectivity index (χ3n) is 3.50. The van der Waals surface area contributed by atoms with Crippen molar-refractivity contribution in [2.24, 2.45) is 0 Å². The van der Waals surface area contributed by atoms with Gasteiger partial charge in [-0.25, -0.2) is 4.98 Å². The number of alkyl halides is 3. The monoisotopic (exact) mass is 386 g/mol. The summed E-state index contributed by atoms with van der Waals surface area (Å²) < 4.78 is 37.9. The number of carbonyl (C=O) groups excluding carboxylic acids is 1. The molecule has 5 nitrogen and oxygen atoms in total. The number of halogens is 3. The highest BCUT2D eigenvalue weighted by molar-refractivity contribution is 7.13. The SMILES string of the molecule is CC(C)c1ncc(C(=O)N(CC(=O)O)Cc2ccc(C(F)(F)F)cc2)s1. The van der Waals surface area contributed by atoms with E-state index in [2.05, 4.69) is 4.98 Å². The zero-order valence-electron chi connectivity index (χ0n) is 14.1. The van der Waals surface area contributed by atoms with Crippen molar-refractivity contribution >= 4 is 23.2 Å². The molecule has 0 bridgehead atoms. The van der Waals surface area contributed by atoms with Gasteiger partial charge < -0.3 is 10.0 Å². The van der Waals surface area contributed by atoms with Gasteiger partial charge in [0.05, 0.1) is 16.8 Å². The Morgan fingerprint density at radius 2 is 1.85 bits per heavy atom. The van der Waals surface area contributed by atoms with Gasteiger partial charge in [0.1, 0.15) is 11.4 Å². The Bertz CT molecular complexity index is 785. The maximum atomic E-state index is 12.6. The molecule has 1 aromatic carbocycles. The fourth-order valence-corrected chi connectivity index (χ4v) is 3.08. The van der Waals surface area contributed by atoms with Crippen molar-refractivity contribution in [1.82, 2.24) is 9.88 Å². The molecule has 9 heteroatoms. The summed E-state index contributed by atoms with van der Waals surface area (Å²) in [6, 6.07) is 4.28. The third-order valence-corrected chi connectivity index (χ3v) is 4.78. The number of hydrogen-bond donors (Lipinski definition) is 1. The summed E-state index contributed by atoms with van der Waals surface area (Å²) in [5, 5.41) is 9.80. The van der Waals surface area contributed by atoms with Crippen LogP contribution in [0.2, 0.25) is 0 Å². The topological polar surface area (TPSA) is 70.5 Å². The second-order valence-corrected chi connectivity index (χ2v) is 7.03. The first kappa shape index (κ1) is 19.9. The molecule has 0 radical (unpaired) electrons. The average Bonchev–Trinajstić information content (AvgIpc) is 3.03. The number of rotatable bonds is 6. The molecule has 0 saturated carbocycles. The zero-order valence-corrected chi connectivity index (χ0v) is 14.9. The molecule has 1 heterocycles. The van der Waals surface area contributed by atoms with Crippen LogP contribution in [0.25, 0.3) is 0 Å². The molecule has 0 spiro atoms. The number of nitrogens with zero attached hydrogens (tertiary/aromatic N) is 2. The second kappa shape index (κ2) is 7.86. The molecule has 0 aliphatic carbocycles. The van der Waals surface area contributed by atoms with E-state index in [0.29, 0.717) is 10.4 Å². The van der Waals surface area contributed by atoms with Crippen molar-refractivity contribution in [2.45, 2.75) is 32.5 Å². The number of amides is 1. The van der Waals surface area contributed by atoms with Gasteiger partial charge in [0.2, 0.25) is 0 Å². The highest BCUT2D eigenvalue weighted by Gasteiger charge is 2.30. The minimum absolute atomic E-state index is 0.113. The summed E-state index contributed by atoms with van der Waals surface area (Å²) in [5.41, 5.74) is -0.400. The maximum absolute atomic E-state index is 12.6. The number of benzene rings is 1. The maximum Gasteiger partial charge on any atom is 0.416 e. The van der Waals surface area contributed by atoms with Crippen LogP contribution in [0.1, 0.15) is 45.6 Å². The molecule has 0 atom stereocenters. The van der Waals surface area contributed by atoms with Crippen LogP contribution in [-0.4, -0.2) is 33.4 Å². The Kier molecular flexibility index (Phi) is 6.01. The smallest absolute Gasteiger partial charge is 0.416 e. The van der Waals surface area contributed by atoms with Crippen LogP contribution in [0.15, 0.2) is 30.5 Å². The molecule has 0 saturated heterocycles. The van der Waals surface area contributed by atoms with Gasteiger partial charge in [-0.05, 0) is 17.7 Å². The van der Waals surface area contributed by atoms with Crippen LogP contribution in [-0.2, 0) is 17.5 Å². The lowest BCUT2D eigenvalue weighted by atomic mass is 10.1. The molecular weight excluding hydrogens is 369 g/mol. The quantitative estimate of drug-likeness (QED) is 0.814. The Labute approximate surface area is 152 Å². The second-order valence-electron chi connectivity index (χ2n) is 5.97. The number of carboxylic acids is 1. The van der Waals surface area contributed by atoms with E-state index < -0.39 is 30.2 Å². The summed E-state index contributed by atoms with van der Waals surface area (Å²) in [6.45, 7) is 3.17. The van der Waals surface area contributed by atoms with Gasteiger partial charge in [-0.1, -0.05) is 26.0 Å². The summed E-state index contributed by atoms with van der Waals surface area (Å²) in [6.07, 6.45) is -3.06. The van der Waals surface area contributed by atoms with Crippen LogP contribution >= 0.6 is 11.3 Å². The zero-order chi connectivity index (χ0) is 19.5. The normalized spacial score (nSPS) is 11.6. The number of carbonyl (C=O) groups is 2. The first-order valence-electron chi connectivity index (χ1n) is 7.71. The lowest BCUT2D eigenvalue weighted by Gasteiger charge is -2.20. The number of hydrogen-bond acceptors (Lipinski definition) is 4. The molecule has 140 valence electrons. The highest BCUT2D eigenvalue weighted by Crippen LogP contribution is 2.29. The Hall–Kier alpha value is -2.42. The standard InChI is InChI=1S/C17H17F3N2O3S/c1-10(2)15-21-7-13(26-15)16(25)22(9-14(23)24)8-11-3-5-12(6-4-11)17(18,19)20/h3-7,10H,8-9H2,1-2H3,(H,23,24). The predicted molar refractivity (Wildman–Crippen MR) is 90.0 cm³/mol. The van der Waals surface area contributed by atoms with Gasteiger partial charge in [-0.15, -0.1) is 11.3 Å². The third kappa shape index (κ3) is 5.04. The van der Waals surface area contributed by atoms with E-state index >= 15 is 0 Å². The number of aliphatic carboxylic acids is 1. The van der Waals surface area contributed by atoms with Gasteiger partial charge >= 0.3 is 12.1 Å². The van der Waals surface area contributed by atoms with Gasteiger partial charge in [0.15, 0.2) is 0 Å². The van der Waals surface area contributed by atoms with Crippen molar-refractivity contribution in [3.8, 4) is 0 Å². The fourth-order valence-electron chi connectivity index (χ4n) is 2.19. The first-order chi connectivity index (χ1) is 12.1. The Morgan fingerprint density at radius 3 is 2.31 bits per heavy atom. The van der Waals surface area contributed by atoms with Gasteiger partial charge in [0.25, 0.3) is 5.91 Å². The molecular formula is C17H17F3N2O3S. The number of aromatic nitrogens is 1. The van der Waals surface area contributed by atoms with Crippen LogP contribution < -0.4 is 0 Å². The lowest BCUT2D eigenvalue weighted by molar-refractivity contribution is -0.138. The molecule has 2 rings (SSSR count). The molecule has 0 unspecified atom stereocenters. The van der Waals surface area contributed by atoms with Crippen molar-refractivity contribution in [2.75, 3.05) is 6.54 Å². The van der Waals surface area contributed by atoms with Crippen molar-refractivity contribution in [3.05, 3.63) is 51.5 Å². The van der Waals surface area contributed by atoms with E-state index in [1.165, 1.54) is 29.7 Å². The molecule has 0 aliphatic heterocycles. The molecule has 0 aliphatic rings. The van der Waals surface area contributed by atoms with Crippen LogP contribution in [0.3, 0.4) is 0 Å².